The van der Waals surface area contributed by atoms with E-state index in [0.29, 0.717) is 37.1 Å². The summed E-state index contributed by atoms with van der Waals surface area (Å²) in [5.74, 6) is 0.292. The van der Waals surface area contributed by atoms with Crippen LogP contribution < -0.4 is 11.2 Å². The monoisotopic (exact) mass is 397 g/mol. The van der Waals surface area contributed by atoms with Gasteiger partial charge in [0.2, 0.25) is 5.91 Å². The highest BCUT2D eigenvalue weighted by molar-refractivity contribution is 7.18. The van der Waals surface area contributed by atoms with E-state index in [2.05, 4.69) is 13.8 Å². The Balaban J connectivity index is 2.04. The molecule has 7 heteroatoms. The first kappa shape index (κ1) is 18.7. The van der Waals surface area contributed by atoms with Crippen LogP contribution in [0.15, 0.2) is 39.9 Å². The van der Waals surface area contributed by atoms with Gasteiger partial charge in [0.15, 0.2) is 0 Å². The van der Waals surface area contributed by atoms with E-state index in [1.165, 1.54) is 15.9 Å². The molecule has 28 heavy (non-hydrogen) atoms. The number of rotatable bonds is 3. The quantitative estimate of drug-likeness (QED) is 0.683. The summed E-state index contributed by atoms with van der Waals surface area (Å²) in [6, 6.07) is 9.08. The molecule has 3 aromatic rings. The molecule has 1 aliphatic rings. The molecule has 4 rings (SSSR count). The van der Waals surface area contributed by atoms with Crippen LogP contribution in [0.2, 0.25) is 0 Å². The SMILES string of the molecule is CC(=O)N1CCc2c(sc3c2c(=O)n(-c2ccccc2)c(=O)n3CC(C)C)C1. The number of thiophene rings is 1. The van der Waals surface area contributed by atoms with Gasteiger partial charge in [-0.1, -0.05) is 32.0 Å². The molecule has 0 bridgehead atoms. The minimum atomic E-state index is -0.306. The minimum Gasteiger partial charge on any atom is -0.337 e. The zero-order valence-corrected chi connectivity index (χ0v) is 17.1. The van der Waals surface area contributed by atoms with Gasteiger partial charge in [0.1, 0.15) is 4.83 Å². The maximum absolute atomic E-state index is 13.4. The third kappa shape index (κ3) is 2.99. The van der Waals surface area contributed by atoms with Crippen molar-refractivity contribution in [3.63, 3.8) is 0 Å². The Morgan fingerprint density at radius 2 is 1.89 bits per heavy atom. The van der Waals surface area contributed by atoms with Crippen LogP contribution >= 0.6 is 11.3 Å². The maximum atomic E-state index is 13.4. The smallest absolute Gasteiger partial charge is 0.336 e. The van der Waals surface area contributed by atoms with E-state index in [9.17, 15) is 14.4 Å². The number of hydrogen-bond donors (Lipinski definition) is 0. The normalized spacial score (nSPS) is 13.9. The standard InChI is InChI=1S/C21H23N3O3S/c1-13(2)11-23-20-18(16-9-10-22(14(3)25)12-17(16)28-20)19(26)24(21(23)27)15-7-5-4-6-8-15/h4-8,13H,9-12H2,1-3H3. The molecule has 0 saturated heterocycles. The molecule has 0 N–H and O–H groups in total. The highest BCUT2D eigenvalue weighted by Gasteiger charge is 2.27. The van der Waals surface area contributed by atoms with Gasteiger partial charge in [-0.25, -0.2) is 9.36 Å². The molecular weight excluding hydrogens is 374 g/mol. The van der Waals surface area contributed by atoms with Gasteiger partial charge in [0.25, 0.3) is 5.56 Å². The number of benzene rings is 1. The first-order valence-corrected chi connectivity index (χ1v) is 10.3. The number of para-hydroxylation sites is 1. The van der Waals surface area contributed by atoms with Crippen molar-refractivity contribution in [2.75, 3.05) is 6.54 Å². The summed E-state index contributed by atoms with van der Waals surface area (Å²) in [6.45, 7) is 7.32. The molecule has 146 valence electrons. The van der Waals surface area contributed by atoms with Gasteiger partial charge in [0.05, 0.1) is 17.6 Å². The Bertz CT molecular complexity index is 1170. The maximum Gasteiger partial charge on any atom is 0.336 e. The molecule has 0 saturated carbocycles. The lowest BCUT2D eigenvalue weighted by atomic mass is 10.1. The molecule has 1 aromatic carbocycles. The fourth-order valence-electron chi connectivity index (χ4n) is 3.81. The highest BCUT2D eigenvalue weighted by atomic mass is 32.1. The minimum absolute atomic E-state index is 0.0318. The third-order valence-electron chi connectivity index (χ3n) is 5.13. The summed E-state index contributed by atoms with van der Waals surface area (Å²) in [7, 11) is 0. The van der Waals surface area contributed by atoms with E-state index in [-0.39, 0.29) is 23.1 Å². The number of carbonyl (C=O) groups excluding carboxylic acids is 1. The van der Waals surface area contributed by atoms with Crippen molar-refractivity contribution in [2.24, 2.45) is 5.92 Å². The Morgan fingerprint density at radius 3 is 2.54 bits per heavy atom. The Labute approximate surface area is 166 Å². The predicted molar refractivity (Wildman–Crippen MR) is 111 cm³/mol. The Morgan fingerprint density at radius 1 is 1.18 bits per heavy atom. The van der Waals surface area contributed by atoms with Crippen molar-refractivity contribution in [3.8, 4) is 5.69 Å². The lowest BCUT2D eigenvalue weighted by Gasteiger charge is -2.25. The van der Waals surface area contributed by atoms with Gasteiger partial charge >= 0.3 is 5.69 Å². The van der Waals surface area contributed by atoms with Crippen molar-refractivity contribution in [2.45, 2.75) is 40.3 Å². The molecule has 2 aromatic heterocycles. The summed E-state index contributed by atoms with van der Waals surface area (Å²) in [5.41, 5.74) is 1.00. The second-order valence-corrected chi connectivity index (χ2v) is 8.72. The van der Waals surface area contributed by atoms with Crippen LogP contribution in [0, 0.1) is 5.92 Å². The molecular formula is C21H23N3O3S. The van der Waals surface area contributed by atoms with Gasteiger partial charge in [-0.2, -0.15) is 0 Å². The largest absolute Gasteiger partial charge is 0.337 e. The average molecular weight is 398 g/mol. The molecule has 1 amide bonds. The topological polar surface area (TPSA) is 64.3 Å². The van der Waals surface area contributed by atoms with Crippen LogP contribution in [0.5, 0.6) is 0 Å². The Kier molecular flexibility index (Phi) is 4.71. The summed E-state index contributed by atoms with van der Waals surface area (Å²) in [6.07, 6.45) is 0.638. The van der Waals surface area contributed by atoms with Crippen molar-refractivity contribution < 1.29 is 4.79 Å². The highest BCUT2D eigenvalue weighted by Crippen LogP contribution is 2.33. The van der Waals surface area contributed by atoms with Gasteiger partial charge in [0, 0.05) is 24.9 Å². The first-order chi connectivity index (χ1) is 13.4. The molecule has 0 radical (unpaired) electrons. The molecule has 0 fully saturated rings. The molecule has 3 heterocycles. The van der Waals surface area contributed by atoms with Crippen LogP contribution in [0.3, 0.4) is 0 Å². The Hall–Kier alpha value is -2.67. The fourth-order valence-corrected chi connectivity index (χ4v) is 5.16. The van der Waals surface area contributed by atoms with E-state index in [1.54, 1.807) is 28.5 Å². The van der Waals surface area contributed by atoms with Crippen LogP contribution in [-0.2, 0) is 24.3 Å². The van der Waals surface area contributed by atoms with Crippen LogP contribution in [0.25, 0.3) is 15.9 Å². The second kappa shape index (κ2) is 7.05. The van der Waals surface area contributed by atoms with Crippen LogP contribution in [0.1, 0.15) is 31.2 Å². The summed E-state index contributed by atoms with van der Waals surface area (Å²) < 4.78 is 3.02. The van der Waals surface area contributed by atoms with Crippen LogP contribution in [0.4, 0.5) is 0 Å². The van der Waals surface area contributed by atoms with Gasteiger partial charge in [-0.05, 0) is 30.0 Å². The van der Waals surface area contributed by atoms with Crippen molar-refractivity contribution in [1.29, 1.82) is 0 Å². The molecule has 0 unspecified atom stereocenters. The van der Waals surface area contributed by atoms with Crippen molar-refractivity contribution in [1.82, 2.24) is 14.0 Å². The van der Waals surface area contributed by atoms with Crippen molar-refractivity contribution >= 4 is 27.5 Å². The van der Waals surface area contributed by atoms with Gasteiger partial charge < -0.3 is 4.90 Å². The van der Waals surface area contributed by atoms with E-state index in [4.69, 9.17) is 0 Å². The number of fused-ring (bicyclic) bond motifs is 3. The predicted octanol–water partition coefficient (Wildman–Crippen LogP) is 2.77. The molecule has 6 nitrogen and oxygen atoms in total. The second-order valence-electron chi connectivity index (χ2n) is 7.64. The third-order valence-corrected chi connectivity index (χ3v) is 6.37. The van der Waals surface area contributed by atoms with Gasteiger partial charge in [-0.3, -0.25) is 14.2 Å². The van der Waals surface area contributed by atoms with E-state index >= 15 is 0 Å². The van der Waals surface area contributed by atoms with Gasteiger partial charge in [-0.15, -0.1) is 11.3 Å². The zero-order chi connectivity index (χ0) is 20.0. The van der Waals surface area contributed by atoms with E-state index < -0.39 is 0 Å². The molecule has 0 aliphatic carbocycles. The summed E-state index contributed by atoms with van der Waals surface area (Å²) in [4.78, 5) is 42.0. The fraction of sp³-hybridized carbons (Fsp3) is 0.381. The zero-order valence-electron chi connectivity index (χ0n) is 16.3. The lowest BCUT2D eigenvalue weighted by molar-refractivity contribution is -0.129. The van der Waals surface area contributed by atoms with E-state index in [0.717, 1.165) is 15.3 Å². The van der Waals surface area contributed by atoms with E-state index in [1.807, 2.05) is 18.2 Å². The number of aromatic nitrogens is 2. The number of hydrogen-bond acceptors (Lipinski definition) is 4. The number of amides is 1. The molecule has 0 atom stereocenters. The summed E-state index contributed by atoms with van der Waals surface area (Å²) >= 11 is 1.48. The number of nitrogens with zero attached hydrogens (tertiary/aromatic N) is 3. The number of carbonyl (C=O) groups is 1. The first-order valence-electron chi connectivity index (χ1n) is 9.49. The molecule has 0 spiro atoms. The molecule has 1 aliphatic heterocycles. The average Bonchev–Trinajstić information content (AvgIpc) is 3.04. The van der Waals surface area contributed by atoms with Crippen LogP contribution in [-0.4, -0.2) is 26.5 Å². The lowest BCUT2D eigenvalue weighted by Crippen LogP contribution is -2.39. The van der Waals surface area contributed by atoms with Crippen molar-refractivity contribution in [3.05, 3.63) is 61.6 Å². The summed E-state index contributed by atoms with van der Waals surface area (Å²) in [5, 5.41) is 0.632.